The summed E-state index contributed by atoms with van der Waals surface area (Å²) in [5, 5.41) is 10.4. The molecule has 5 heteroatoms. The molecule has 100 valence electrons. The molecule has 1 amide bonds. The van der Waals surface area contributed by atoms with E-state index in [9.17, 15) is 4.79 Å². The van der Waals surface area contributed by atoms with Gasteiger partial charge in [0.15, 0.2) is 5.82 Å². The fourth-order valence-electron chi connectivity index (χ4n) is 1.76. The van der Waals surface area contributed by atoms with Crippen molar-refractivity contribution in [1.29, 1.82) is 0 Å². The Morgan fingerprint density at radius 3 is 2.68 bits per heavy atom. The van der Waals surface area contributed by atoms with E-state index in [1.54, 1.807) is 18.2 Å². The topological polar surface area (TPSA) is 57.8 Å². The third kappa shape index (κ3) is 3.15. The first-order chi connectivity index (χ1) is 8.97. The molecule has 4 nitrogen and oxygen atoms in total. The van der Waals surface area contributed by atoms with Crippen LogP contribution in [0.3, 0.4) is 0 Å². The lowest BCUT2D eigenvalue weighted by Crippen LogP contribution is -2.13. The third-order valence-electron chi connectivity index (χ3n) is 2.89. The maximum Gasteiger partial charge on any atom is 0.257 e. The summed E-state index contributed by atoms with van der Waals surface area (Å²) in [5.74, 6) is 0.689. The highest BCUT2D eigenvalue weighted by Gasteiger charge is 2.12. The van der Waals surface area contributed by atoms with Crippen molar-refractivity contribution in [2.45, 2.75) is 26.7 Å². The predicted molar refractivity (Wildman–Crippen MR) is 76.8 cm³/mol. The lowest BCUT2D eigenvalue weighted by molar-refractivity contribution is 0.102. The minimum Gasteiger partial charge on any atom is -0.305 e. The minimum atomic E-state index is -0.184. The van der Waals surface area contributed by atoms with Gasteiger partial charge < -0.3 is 5.32 Å². The van der Waals surface area contributed by atoms with Crippen LogP contribution in [0.4, 0.5) is 5.82 Å². The number of aryl methyl sites for hydroxylation is 1. The Morgan fingerprint density at radius 2 is 2.11 bits per heavy atom. The summed E-state index contributed by atoms with van der Waals surface area (Å²) < 4.78 is 0. The molecule has 1 aromatic heterocycles. The van der Waals surface area contributed by atoms with Crippen LogP contribution in [0.5, 0.6) is 0 Å². The molecule has 1 aromatic carbocycles. The summed E-state index contributed by atoms with van der Waals surface area (Å²) in [6.45, 7) is 5.97. The van der Waals surface area contributed by atoms with Gasteiger partial charge in [-0.25, -0.2) is 0 Å². The molecule has 0 saturated heterocycles. The highest BCUT2D eigenvalue weighted by Crippen LogP contribution is 2.18. The van der Waals surface area contributed by atoms with Gasteiger partial charge >= 0.3 is 0 Å². The Bertz CT molecular complexity index is 604. The van der Waals surface area contributed by atoms with Gasteiger partial charge in [0.1, 0.15) is 0 Å². The second kappa shape index (κ2) is 5.45. The highest BCUT2D eigenvalue weighted by molar-refractivity contribution is 6.30. The molecule has 1 heterocycles. The number of halogens is 1. The number of H-pyrrole nitrogens is 1. The molecule has 0 radical (unpaired) electrons. The SMILES string of the molecule is Cc1cc(Cl)ccc1C(=O)Nc1cc(C(C)C)[nH]n1. The summed E-state index contributed by atoms with van der Waals surface area (Å²) >= 11 is 5.87. The molecule has 19 heavy (non-hydrogen) atoms. The van der Waals surface area contributed by atoms with Crippen molar-refractivity contribution in [2.24, 2.45) is 0 Å². The van der Waals surface area contributed by atoms with Gasteiger partial charge in [0.05, 0.1) is 0 Å². The Kier molecular flexibility index (Phi) is 3.90. The number of aromatic nitrogens is 2. The molecule has 0 fully saturated rings. The van der Waals surface area contributed by atoms with Crippen LogP contribution in [0, 0.1) is 6.92 Å². The fourth-order valence-corrected chi connectivity index (χ4v) is 1.99. The smallest absolute Gasteiger partial charge is 0.257 e. The lowest BCUT2D eigenvalue weighted by atomic mass is 10.1. The molecule has 0 saturated carbocycles. The maximum atomic E-state index is 12.1. The minimum absolute atomic E-state index is 0.184. The van der Waals surface area contributed by atoms with Crippen LogP contribution in [0.25, 0.3) is 0 Å². The quantitative estimate of drug-likeness (QED) is 0.898. The molecule has 2 aromatic rings. The van der Waals surface area contributed by atoms with Crippen molar-refractivity contribution in [3.63, 3.8) is 0 Å². The molecule has 2 N–H and O–H groups in total. The van der Waals surface area contributed by atoms with Crippen LogP contribution in [0.2, 0.25) is 5.02 Å². The molecular formula is C14H16ClN3O. The standard InChI is InChI=1S/C14H16ClN3O/c1-8(2)12-7-13(18-17-12)16-14(19)11-5-4-10(15)6-9(11)3/h4-8H,1-3H3,(H2,16,17,18,19). The van der Waals surface area contributed by atoms with E-state index in [4.69, 9.17) is 11.6 Å². The van der Waals surface area contributed by atoms with Gasteiger partial charge in [-0.3, -0.25) is 9.89 Å². The van der Waals surface area contributed by atoms with Crippen LogP contribution in [-0.4, -0.2) is 16.1 Å². The van der Waals surface area contributed by atoms with Crippen molar-refractivity contribution >= 4 is 23.3 Å². The summed E-state index contributed by atoms with van der Waals surface area (Å²) in [6.07, 6.45) is 0. The van der Waals surface area contributed by atoms with E-state index in [1.807, 2.05) is 13.0 Å². The zero-order valence-electron chi connectivity index (χ0n) is 11.1. The molecular weight excluding hydrogens is 262 g/mol. The average molecular weight is 278 g/mol. The molecule has 0 aliphatic carbocycles. The van der Waals surface area contributed by atoms with Gasteiger partial charge in [0.2, 0.25) is 0 Å². The van der Waals surface area contributed by atoms with Crippen molar-refractivity contribution in [2.75, 3.05) is 5.32 Å². The number of anilines is 1. The van der Waals surface area contributed by atoms with E-state index in [-0.39, 0.29) is 5.91 Å². The Hall–Kier alpha value is -1.81. The van der Waals surface area contributed by atoms with Crippen LogP contribution in [0.15, 0.2) is 24.3 Å². The van der Waals surface area contributed by atoms with E-state index in [0.29, 0.717) is 22.3 Å². The fraction of sp³-hybridized carbons (Fsp3) is 0.286. The molecule has 0 aliphatic heterocycles. The summed E-state index contributed by atoms with van der Waals surface area (Å²) in [6, 6.07) is 7.02. The summed E-state index contributed by atoms with van der Waals surface area (Å²) in [4.78, 5) is 12.1. The number of nitrogens with zero attached hydrogens (tertiary/aromatic N) is 1. The normalized spacial score (nSPS) is 10.8. The number of hydrogen-bond donors (Lipinski definition) is 2. The number of rotatable bonds is 3. The first kappa shape index (κ1) is 13.6. The predicted octanol–water partition coefficient (Wildman–Crippen LogP) is 3.75. The zero-order valence-corrected chi connectivity index (χ0v) is 11.9. The van der Waals surface area contributed by atoms with E-state index < -0.39 is 0 Å². The van der Waals surface area contributed by atoms with E-state index in [1.165, 1.54) is 0 Å². The van der Waals surface area contributed by atoms with E-state index in [2.05, 4.69) is 29.4 Å². The Balaban J connectivity index is 2.16. The number of amides is 1. The van der Waals surface area contributed by atoms with Crippen LogP contribution in [0.1, 0.15) is 41.4 Å². The number of hydrogen-bond acceptors (Lipinski definition) is 2. The van der Waals surface area contributed by atoms with Crippen LogP contribution >= 0.6 is 11.6 Å². The number of aromatic amines is 1. The first-order valence-electron chi connectivity index (χ1n) is 6.10. The lowest BCUT2D eigenvalue weighted by Gasteiger charge is -2.05. The molecule has 0 unspecified atom stereocenters. The number of carbonyl (C=O) groups excluding carboxylic acids is 1. The summed E-state index contributed by atoms with van der Waals surface area (Å²) in [5.41, 5.74) is 2.42. The monoisotopic (exact) mass is 277 g/mol. The summed E-state index contributed by atoms with van der Waals surface area (Å²) in [7, 11) is 0. The molecule has 2 rings (SSSR count). The van der Waals surface area contributed by atoms with E-state index in [0.717, 1.165) is 11.3 Å². The van der Waals surface area contributed by atoms with Crippen molar-refractivity contribution < 1.29 is 4.79 Å². The third-order valence-corrected chi connectivity index (χ3v) is 3.13. The number of benzene rings is 1. The zero-order chi connectivity index (χ0) is 14.0. The second-order valence-corrected chi connectivity index (χ2v) is 5.21. The molecule has 0 atom stereocenters. The Labute approximate surface area is 117 Å². The number of nitrogens with one attached hydrogen (secondary N) is 2. The molecule has 0 spiro atoms. The molecule has 0 aliphatic rings. The van der Waals surface area contributed by atoms with Gasteiger partial charge in [-0.05, 0) is 36.6 Å². The van der Waals surface area contributed by atoms with Gasteiger partial charge in [-0.2, -0.15) is 5.10 Å². The van der Waals surface area contributed by atoms with Crippen molar-refractivity contribution in [3.05, 3.63) is 46.1 Å². The maximum absolute atomic E-state index is 12.1. The second-order valence-electron chi connectivity index (χ2n) is 4.78. The van der Waals surface area contributed by atoms with Gasteiger partial charge in [-0.1, -0.05) is 25.4 Å². The largest absolute Gasteiger partial charge is 0.305 e. The van der Waals surface area contributed by atoms with Crippen LogP contribution < -0.4 is 5.32 Å². The van der Waals surface area contributed by atoms with Gasteiger partial charge in [0.25, 0.3) is 5.91 Å². The highest BCUT2D eigenvalue weighted by atomic mass is 35.5. The Morgan fingerprint density at radius 1 is 1.37 bits per heavy atom. The van der Waals surface area contributed by atoms with Gasteiger partial charge in [-0.15, -0.1) is 0 Å². The number of carbonyl (C=O) groups is 1. The molecule has 0 bridgehead atoms. The van der Waals surface area contributed by atoms with Crippen molar-refractivity contribution in [3.8, 4) is 0 Å². The van der Waals surface area contributed by atoms with Crippen LogP contribution in [-0.2, 0) is 0 Å². The average Bonchev–Trinajstić information content (AvgIpc) is 2.77. The first-order valence-corrected chi connectivity index (χ1v) is 6.48. The van der Waals surface area contributed by atoms with Crippen molar-refractivity contribution in [1.82, 2.24) is 10.2 Å². The van der Waals surface area contributed by atoms with Gasteiger partial charge in [0, 0.05) is 22.3 Å². The van der Waals surface area contributed by atoms with E-state index >= 15 is 0 Å².